The summed E-state index contributed by atoms with van der Waals surface area (Å²) in [7, 11) is 0. The molecule has 0 saturated carbocycles. The van der Waals surface area contributed by atoms with Crippen LogP contribution in [0.2, 0.25) is 0 Å². The number of fused-ring (bicyclic) bond motifs is 1. The molecule has 1 N–H and O–H groups in total. The summed E-state index contributed by atoms with van der Waals surface area (Å²) in [5, 5.41) is 10.8. The minimum atomic E-state index is -0.417. The minimum absolute atomic E-state index is 0. The number of aryl methyl sites for hydroxylation is 1. The van der Waals surface area contributed by atoms with Gasteiger partial charge in [0.25, 0.3) is 0 Å². The quantitative estimate of drug-likeness (QED) is 0.169. The van der Waals surface area contributed by atoms with Crippen LogP contribution in [-0.2, 0) is 30.3 Å². The van der Waals surface area contributed by atoms with Crippen LogP contribution in [0.1, 0.15) is 98.8 Å². The number of aliphatic hydroxyl groups is 1. The number of rotatable bonds is 3. The Morgan fingerprint density at radius 2 is 1.53 bits per heavy atom. The van der Waals surface area contributed by atoms with Crippen LogP contribution in [0.3, 0.4) is 0 Å². The van der Waals surface area contributed by atoms with E-state index in [0.717, 1.165) is 22.3 Å². The Bertz CT molecular complexity index is 1280. The molecule has 1 aromatic heterocycles. The molecular formula is C34H46IrNO2-. The van der Waals surface area contributed by atoms with Crippen LogP contribution < -0.4 is 0 Å². The van der Waals surface area contributed by atoms with Gasteiger partial charge in [-0.2, -0.15) is 0 Å². The first kappa shape index (κ1) is 33.7. The van der Waals surface area contributed by atoms with E-state index in [2.05, 4.69) is 90.1 Å². The van der Waals surface area contributed by atoms with Crippen LogP contribution in [0.4, 0.5) is 0 Å². The molecule has 0 atom stereocenters. The summed E-state index contributed by atoms with van der Waals surface area (Å²) < 4.78 is 0. The maximum absolute atomic E-state index is 11.5. The third kappa shape index (κ3) is 9.17. The first-order chi connectivity index (χ1) is 16.8. The molecule has 1 heterocycles. The van der Waals surface area contributed by atoms with Gasteiger partial charge in [-0.15, -0.1) is 34.9 Å². The fourth-order valence-electron chi connectivity index (χ4n) is 3.68. The van der Waals surface area contributed by atoms with Gasteiger partial charge in [0.05, 0.1) is 5.52 Å². The van der Waals surface area contributed by atoms with E-state index in [0.29, 0.717) is 5.92 Å². The second-order valence-electron chi connectivity index (χ2n) is 13.4. The maximum atomic E-state index is 11.5. The second-order valence-corrected chi connectivity index (χ2v) is 13.4. The summed E-state index contributed by atoms with van der Waals surface area (Å²) in [5.41, 5.74) is 6.34. The van der Waals surface area contributed by atoms with Crippen LogP contribution in [-0.4, -0.2) is 15.9 Å². The largest absolute Gasteiger partial charge is 0.512 e. The molecule has 0 amide bonds. The van der Waals surface area contributed by atoms with Gasteiger partial charge in [-0.25, -0.2) is 0 Å². The van der Waals surface area contributed by atoms with Gasteiger partial charge in [0.2, 0.25) is 0 Å². The zero-order valence-electron chi connectivity index (χ0n) is 25.3. The number of ketones is 1. The zero-order valence-corrected chi connectivity index (χ0v) is 27.7. The number of allylic oxidation sites excluding steroid dienone is 2. The predicted octanol–water partition coefficient (Wildman–Crippen LogP) is 9.52. The number of carbonyl (C=O) groups is 1. The van der Waals surface area contributed by atoms with Gasteiger partial charge in [-0.3, -0.25) is 9.78 Å². The molecule has 2 aromatic carbocycles. The Balaban J connectivity index is 0.000000444. The average Bonchev–Trinajstić information content (AvgIpc) is 2.76. The average molecular weight is 693 g/mol. The fraction of sp³-hybridized carbons (Fsp3) is 0.471. The van der Waals surface area contributed by atoms with Crippen LogP contribution in [0.15, 0.2) is 54.3 Å². The zero-order chi connectivity index (χ0) is 28.3. The number of hydrogen-bond acceptors (Lipinski definition) is 3. The van der Waals surface area contributed by atoms with Crippen molar-refractivity contribution in [2.24, 2.45) is 10.8 Å². The molecule has 0 spiro atoms. The smallest absolute Gasteiger partial charge is 0.164 e. The normalized spacial score (nSPS) is 12.6. The van der Waals surface area contributed by atoms with Crippen molar-refractivity contribution in [3.05, 3.63) is 77.1 Å². The minimum Gasteiger partial charge on any atom is -0.512 e. The second kappa shape index (κ2) is 12.7. The van der Waals surface area contributed by atoms with Crippen molar-refractivity contribution < 1.29 is 30.0 Å². The van der Waals surface area contributed by atoms with Crippen molar-refractivity contribution in [1.29, 1.82) is 0 Å². The predicted molar refractivity (Wildman–Crippen MR) is 158 cm³/mol. The SMILES string of the molecule is CC(C)(C)C(=O)/C=C(\O)C(C)(C)C.Cc1[c-]c(-c2ccc3c(C(C)C)cccc3n2)cc(C(C)(C)C)c1.[Ir]. The van der Waals surface area contributed by atoms with Crippen LogP contribution >= 0.6 is 0 Å². The molecule has 0 bridgehead atoms. The molecule has 0 saturated heterocycles. The fourth-order valence-corrected chi connectivity index (χ4v) is 3.68. The van der Waals surface area contributed by atoms with Gasteiger partial charge in [0.15, 0.2) is 5.78 Å². The van der Waals surface area contributed by atoms with E-state index >= 15 is 0 Å². The van der Waals surface area contributed by atoms with E-state index < -0.39 is 5.41 Å². The standard InChI is InChI=1S/C23H26N.C11H20O2.Ir/c1-15(2)19-8-7-9-22-20(19)10-11-21(24-22)17-12-16(3)13-18(14-17)23(4,5)6;1-10(2,3)8(12)7-9(13)11(4,5)6;/h7-11,13-15H,1-6H3;7,12H,1-6H3;/q-1;;/b;8-7-;. The number of pyridine rings is 1. The molecule has 0 aliphatic rings. The molecule has 38 heavy (non-hydrogen) atoms. The van der Waals surface area contributed by atoms with Gasteiger partial charge in [0, 0.05) is 42.4 Å². The number of benzene rings is 2. The van der Waals surface area contributed by atoms with Crippen molar-refractivity contribution in [2.75, 3.05) is 0 Å². The van der Waals surface area contributed by atoms with Crippen molar-refractivity contribution >= 4 is 16.7 Å². The number of hydrogen-bond donors (Lipinski definition) is 1. The Labute approximate surface area is 244 Å². The van der Waals surface area contributed by atoms with Gasteiger partial charge in [-0.1, -0.05) is 107 Å². The molecular weight excluding hydrogens is 647 g/mol. The van der Waals surface area contributed by atoms with Gasteiger partial charge in [-0.05, 0) is 28.7 Å². The Morgan fingerprint density at radius 1 is 0.921 bits per heavy atom. The van der Waals surface area contributed by atoms with E-state index in [9.17, 15) is 9.90 Å². The van der Waals surface area contributed by atoms with E-state index in [1.54, 1.807) is 0 Å². The Hall–Kier alpha value is -2.29. The number of nitrogens with zero attached hydrogens (tertiary/aromatic N) is 1. The molecule has 1 radical (unpaired) electrons. The third-order valence-corrected chi connectivity index (χ3v) is 6.31. The summed E-state index contributed by atoms with van der Waals surface area (Å²) in [5.74, 6) is 0.603. The van der Waals surface area contributed by atoms with Crippen LogP contribution in [0.25, 0.3) is 22.2 Å². The summed E-state index contributed by atoms with van der Waals surface area (Å²) in [6, 6.07) is 18.7. The van der Waals surface area contributed by atoms with E-state index in [4.69, 9.17) is 4.98 Å². The topological polar surface area (TPSA) is 50.2 Å². The van der Waals surface area contributed by atoms with Crippen molar-refractivity contribution in [3.8, 4) is 11.3 Å². The molecule has 4 heteroatoms. The summed E-state index contributed by atoms with van der Waals surface area (Å²) in [6.07, 6.45) is 1.33. The maximum Gasteiger partial charge on any atom is 0.164 e. The number of aromatic nitrogens is 1. The Kier molecular flexibility index (Phi) is 11.3. The van der Waals surface area contributed by atoms with Crippen LogP contribution in [0, 0.1) is 23.8 Å². The van der Waals surface area contributed by atoms with Crippen molar-refractivity contribution in [1.82, 2.24) is 4.98 Å². The van der Waals surface area contributed by atoms with Gasteiger partial charge in [0.1, 0.15) is 5.76 Å². The molecule has 3 aromatic rings. The molecule has 0 aliphatic heterocycles. The monoisotopic (exact) mass is 693 g/mol. The Morgan fingerprint density at radius 3 is 2.03 bits per heavy atom. The van der Waals surface area contributed by atoms with E-state index in [-0.39, 0.29) is 42.5 Å². The molecule has 3 rings (SSSR count). The number of carbonyl (C=O) groups excluding carboxylic acids is 1. The van der Waals surface area contributed by atoms with Gasteiger partial charge >= 0.3 is 0 Å². The molecule has 0 fully saturated rings. The summed E-state index contributed by atoms with van der Waals surface area (Å²) in [4.78, 5) is 16.4. The van der Waals surface area contributed by atoms with Crippen molar-refractivity contribution in [2.45, 2.75) is 94.4 Å². The molecule has 0 unspecified atom stereocenters. The van der Waals surface area contributed by atoms with Gasteiger partial charge < -0.3 is 5.11 Å². The van der Waals surface area contributed by atoms with Crippen molar-refractivity contribution in [3.63, 3.8) is 0 Å². The first-order valence-electron chi connectivity index (χ1n) is 13.2. The summed E-state index contributed by atoms with van der Waals surface area (Å²) in [6.45, 7) is 24.4. The number of aliphatic hydroxyl groups excluding tert-OH is 1. The van der Waals surface area contributed by atoms with Crippen LogP contribution in [0.5, 0.6) is 0 Å². The molecule has 0 aliphatic carbocycles. The molecule has 209 valence electrons. The first-order valence-corrected chi connectivity index (χ1v) is 13.2. The van der Waals surface area contributed by atoms with E-state index in [1.165, 1.54) is 22.6 Å². The van der Waals surface area contributed by atoms with E-state index in [1.807, 2.05) is 41.5 Å². The molecule has 3 nitrogen and oxygen atoms in total. The third-order valence-electron chi connectivity index (χ3n) is 6.31. The summed E-state index contributed by atoms with van der Waals surface area (Å²) >= 11 is 0.